The summed E-state index contributed by atoms with van der Waals surface area (Å²) in [5, 5.41) is 10.5. The van der Waals surface area contributed by atoms with Gasteiger partial charge >= 0.3 is 0 Å². The Kier molecular flexibility index (Phi) is 5.45. The number of hydrogen-bond acceptors (Lipinski definition) is 2. The molecule has 3 rings (SSSR count). The van der Waals surface area contributed by atoms with Crippen LogP contribution in [-0.4, -0.2) is 15.3 Å². The summed E-state index contributed by atoms with van der Waals surface area (Å²) in [6, 6.07) is 9.87. The number of halogens is 2. The van der Waals surface area contributed by atoms with Crippen molar-refractivity contribution < 1.29 is 0 Å². The zero-order valence-corrected chi connectivity index (χ0v) is 15.9. The lowest BCUT2D eigenvalue weighted by atomic mass is 10.0. The van der Waals surface area contributed by atoms with Gasteiger partial charge < -0.3 is 9.98 Å². The first-order valence-corrected chi connectivity index (χ1v) is 9.24. The maximum absolute atomic E-state index is 8.47. The summed E-state index contributed by atoms with van der Waals surface area (Å²) < 4.78 is 2.29. The maximum atomic E-state index is 8.47. The number of hydrogen-bond donors (Lipinski definition) is 1. The van der Waals surface area contributed by atoms with Gasteiger partial charge in [0.15, 0.2) is 0 Å². The van der Waals surface area contributed by atoms with Gasteiger partial charge in [-0.15, -0.1) is 0 Å². The average Bonchev–Trinajstić information content (AvgIpc) is 3.00. The molecule has 3 nitrogen and oxygen atoms in total. The molecule has 1 N–H and O–H groups in total. The average molecular weight is 374 g/mol. The van der Waals surface area contributed by atoms with E-state index in [0.29, 0.717) is 33.8 Å². The van der Waals surface area contributed by atoms with Gasteiger partial charge in [-0.3, -0.25) is 4.98 Å². The number of rotatable bonds is 6. The Hall–Kier alpha value is -1.84. The predicted octanol–water partition coefficient (Wildman–Crippen LogP) is 6.31. The molecular weight excluding hydrogens is 353 g/mol. The van der Waals surface area contributed by atoms with Crippen molar-refractivity contribution in [1.82, 2.24) is 9.55 Å². The molecular formula is C20H21Cl2N3. The summed E-state index contributed by atoms with van der Waals surface area (Å²) in [5.41, 5.74) is 3.00. The van der Waals surface area contributed by atoms with Gasteiger partial charge in [-0.2, -0.15) is 0 Å². The highest BCUT2D eigenvalue weighted by Crippen LogP contribution is 2.28. The third kappa shape index (κ3) is 3.58. The topological polar surface area (TPSA) is 41.7 Å². The first-order valence-electron chi connectivity index (χ1n) is 8.49. The monoisotopic (exact) mass is 373 g/mol. The molecule has 130 valence electrons. The Labute approximate surface area is 158 Å². The zero-order valence-electron chi connectivity index (χ0n) is 14.4. The molecule has 3 aromatic rings. The Morgan fingerprint density at radius 1 is 1.20 bits per heavy atom. The molecule has 0 saturated heterocycles. The van der Waals surface area contributed by atoms with Gasteiger partial charge in [0.05, 0.1) is 21.3 Å². The number of pyridine rings is 1. The Balaban J connectivity index is 1.96. The molecule has 0 saturated carbocycles. The van der Waals surface area contributed by atoms with E-state index in [-0.39, 0.29) is 0 Å². The molecule has 2 heterocycles. The van der Waals surface area contributed by atoms with Crippen LogP contribution in [0, 0.1) is 5.41 Å². The van der Waals surface area contributed by atoms with Crippen molar-refractivity contribution in [2.24, 2.45) is 0 Å². The lowest BCUT2D eigenvalue weighted by Crippen LogP contribution is -2.08. The lowest BCUT2D eigenvalue weighted by molar-refractivity contribution is 0.515. The molecule has 0 radical (unpaired) electrons. The van der Waals surface area contributed by atoms with Crippen LogP contribution in [-0.2, 0) is 6.42 Å². The molecule has 0 aliphatic heterocycles. The van der Waals surface area contributed by atoms with Gasteiger partial charge in [0.25, 0.3) is 0 Å². The highest BCUT2D eigenvalue weighted by molar-refractivity contribution is 6.40. The highest BCUT2D eigenvalue weighted by atomic mass is 35.5. The summed E-state index contributed by atoms with van der Waals surface area (Å²) in [7, 11) is 0. The molecule has 0 aliphatic rings. The van der Waals surface area contributed by atoms with Gasteiger partial charge in [-0.1, -0.05) is 42.6 Å². The van der Waals surface area contributed by atoms with E-state index in [1.165, 1.54) is 0 Å². The van der Waals surface area contributed by atoms with Crippen LogP contribution in [0.15, 0.2) is 42.7 Å². The minimum atomic E-state index is 0.380. The second-order valence-corrected chi connectivity index (χ2v) is 7.12. The first-order chi connectivity index (χ1) is 12.0. The van der Waals surface area contributed by atoms with E-state index in [0.717, 1.165) is 29.4 Å². The Morgan fingerprint density at radius 2 is 1.92 bits per heavy atom. The fraction of sp³-hybridized carbons (Fsp3) is 0.300. The molecule has 0 bridgehead atoms. The molecule has 1 aromatic carbocycles. The molecule has 2 aromatic heterocycles. The van der Waals surface area contributed by atoms with Crippen LogP contribution >= 0.6 is 23.2 Å². The van der Waals surface area contributed by atoms with E-state index in [4.69, 9.17) is 28.6 Å². The molecule has 0 aliphatic carbocycles. The summed E-state index contributed by atoms with van der Waals surface area (Å²) in [6.07, 6.45) is 6.60. The van der Waals surface area contributed by atoms with E-state index < -0.39 is 0 Å². The minimum Gasteiger partial charge on any atom is -0.345 e. The van der Waals surface area contributed by atoms with Crippen LogP contribution in [0.2, 0.25) is 10.0 Å². The molecule has 0 fully saturated rings. The molecule has 0 amide bonds. The quantitative estimate of drug-likeness (QED) is 0.505. The second kappa shape index (κ2) is 7.59. The van der Waals surface area contributed by atoms with E-state index in [1.54, 1.807) is 18.2 Å². The van der Waals surface area contributed by atoms with Crippen molar-refractivity contribution in [3.8, 4) is 0 Å². The van der Waals surface area contributed by atoms with Crippen molar-refractivity contribution in [3.63, 3.8) is 0 Å². The highest BCUT2D eigenvalue weighted by Gasteiger charge is 2.16. The predicted molar refractivity (Wildman–Crippen MR) is 106 cm³/mol. The third-order valence-electron chi connectivity index (χ3n) is 4.52. The largest absolute Gasteiger partial charge is 0.345 e. The van der Waals surface area contributed by atoms with Crippen molar-refractivity contribution in [2.45, 2.75) is 39.2 Å². The second-order valence-electron chi connectivity index (χ2n) is 6.30. The summed E-state index contributed by atoms with van der Waals surface area (Å²) in [6.45, 7) is 4.43. The van der Waals surface area contributed by atoms with Crippen molar-refractivity contribution in [1.29, 1.82) is 5.41 Å². The first kappa shape index (κ1) is 18.0. The number of nitrogens with zero attached hydrogens (tertiary/aromatic N) is 2. The Bertz CT molecular complexity index is 894. The normalized spacial score (nSPS) is 12.5. The molecule has 5 heteroatoms. The molecule has 1 atom stereocenters. The van der Waals surface area contributed by atoms with Crippen LogP contribution in [0.3, 0.4) is 0 Å². The van der Waals surface area contributed by atoms with Crippen LogP contribution in [0.4, 0.5) is 0 Å². The number of fused-ring (bicyclic) bond motifs is 1. The Morgan fingerprint density at radius 3 is 2.60 bits per heavy atom. The van der Waals surface area contributed by atoms with E-state index in [2.05, 4.69) is 35.7 Å². The zero-order chi connectivity index (χ0) is 18.0. The van der Waals surface area contributed by atoms with Crippen molar-refractivity contribution in [2.75, 3.05) is 0 Å². The molecule has 0 spiro atoms. The standard InChI is InChI=1S/C20H21Cl2N3/c1-3-5-13(2)25-11-9-14-18(24-10-8-19(14)25)12-17(23)20-15(21)6-4-7-16(20)22/h4,6-11,13,23H,3,5,12H2,1-2H3. The van der Waals surface area contributed by atoms with E-state index in [1.807, 2.05) is 12.3 Å². The van der Waals surface area contributed by atoms with Crippen LogP contribution in [0.25, 0.3) is 10.9 Å². The molecule has 25 heavy (non-hydrogen) atoms. The van der Waals surface area contributed by atoms with Crippen molar-refractivity contribution in [3.05, 3.63) is 64.0 Å². The van der Waals surface area contributed by atoms with Crippen molar-refractivity contribution >= 4 is 39.8 Å². The van der Waals surface area contributed by atoms with Gasteiger partial charge in [0, 0.05) is 41.5 Å². The SMILES string of the molecule is CCCC(C)n1ccc2c(CC(=N)c3c(Cl)cccc3Cl)nccc21. The summed E-state index contributed by atoms with van der Waals surface area (Å²) in [5.74, 6) is 0. The lowest BCUT2D eigenvalue weighted by Gasteiger charge is -2.14. The fourth-order valence-corrected chi connectivity index (χ4v) is 3.90. The fourth-order valence-electron chi connectivity index (χ4n) is 3.27. The maximum Gasteiger partial charge on any atom is 0.0556 e. The van der Waals surface area contributed by atoms with E-state index in [9.17, 15) is 0 Å². The minimum absolute atomic E-state index is 0.380. The number of nitrogens with one attached hydrogen (secondary N) is 1. The molecule has 1 unspecified atom stereocenters. The van der Waals surface area contributed by atoms with Crippen LogP contribution in [0.5, 0.6) is 0 Å². The van der Waals surface area contributed by atoms with Gasteiger partial charge in [0.1, 0.15) is 0 Å². The van der Waals surface area contributed by atoms with Gasteiger partial charge in [-0.25, -0.2) is 0 Å². The van der Waals surface area contributed by atoms with Gasteiger partial charge in [0.2, 0.25) is 0 Å². The number of aromatic nitrogens is 2. The van der Waals surface area contributed by atoms with Crippen LogP contribution < -0.4 is 0 Å². The third-order valence-corrected chi connectivity index (χ3v) is 5.15. The summed E-state index contributed by atoms with van der Waals surface area (Å²) in [4.78, 5) is 4.51. The van der Waals surface area contributed by atoms with Gasteiger partial charge in [-0.05, 0) is 37.6 Å². The summed E-state index contributed by atoms with van der Waals surface area (Å²) >= 11 is 12.5. The number of benzene rings is 1. The van der Waals surface area contributed by atoms with Crippen LogP contribution in [0.1, 0.15) is 44.0 Å². The smallest absolute Gasteiger partial charge is 0.0556 e. The van der Waals surface area contributed by atoms with E-state index >= 15 is 0 Å².